The van der Waals surface area contributed by atoms with Gasteiger partial charge in [-0.1, -0.05) is 11.6 Å². The fourth-order valence-corrected chi connectivity index (χ4v) is 2.36. The summed E-state index contributed by atoms with van der Waals surface area (Å²) in [4.78, 5) is 8.47. The Kier molecular flexibility index (Phi) is 2.53. The molecule has 5 heteroatoms. The van der Waals surface area contributed by atoms with Gasteiger partial charge in [0.05, 0.1) is 17.5 Å². The summed E-state index contributed by atoms with van der Waals surface area (Å²) in [7, 11) is 0. The molecule has 0 unspecified atom stereocenters. The molecule has 2 aromatic heterocycles. The molecule has 1 aliphatic carbocycles. The van der Waals surface area contributed by atoms with Crippen LogP contribution in [0, 0.1) is 0 Å². The van der Waals surface area contributed by atoms with Gasteiger partial charge in [-0.2, -0.15) is 0 Å². The fraction of sp³-hybridized carbons (Fsp3) is 0.273. The van der Waals surface area contributed by atoms with Crippen molar-refractivity contribution in [1.29, 1.82) is 0 Å². The number of hydrogen-bond acceptors (Lipinski definition) is 3. The highest BCUT2D eigenvalue weighted by Crippen LogP contribution is 2.38. The summed E-state index contributed by atoms with van der Waals surface area (Å²) in [5.41, 5.74) is 3.58. The Morgan fingerprint density at radius 2 is 2.25 bits per heavy atom. The van der Waals surface area contributed by atoms with E-state index in [1.54, 1.807) is 11.3 Å². The van der Waals surface area contributed by atoms with Gasteiger partial charge in [0.25, 0.3) is 0 Å². The molecule has 82 valence electrons. The minimum absolute atomic E-state index is 0.571. The monoisotopic (exact) mass is 251 g/mol. The maximum Gasteiger partial charge on any atom is 0.136 e. The lowest BCUT2D eigenvalue weighted by Gasteiger charge is -1.98. The van der Waals surface area contributed by atoms with Crippen LogP contribution < -0.4 is 0 Å². The molecule has 0 amide bonds. The van der Waals surface area contributed by atoms with Crippen molar-refractivity contribution in [1.82, 2.24) is 14.5 Å². The van der Waals surface area contributed by atoms with Crippen LogP contribution in [0.3, 0.4) is 0 Å². The average molecular weight is 252 g/mol. The molecule has 1 fully saturated rings. The number of aromatic nitrogens is 3. The van der Waals surface area contributed by atoms with Crippen molar-refractivity contribution in [3.63, 3.8) is 0 Å². The van der Waals surface area contributed by atoms with E-state index in [9.17, 15) is 0 Å². The number of halogens is 1. The Balaban J connectivity index is 1.84. The molecule has 0 radical (unpaired) electrons. The molecule has 2 heterocycles. The highest BCUT2D eigenvalue weighted by atomic mass is 35.5. The van der Waals surface area contributed by atoms with E-state index >= 15 is 0 Å². The molecule has 1 aliphatic rings. The molecule has 2 aromatic rings. The van der Waals surface area contributed by atoms with Gasteiger partial charge in [0.2, 0.25) is 0 Å². The summed E-state index contributed by atoms with van der Waals surface area (Å²) in [5, 5.41) is 2.72. The van der Waals surface area contributed by atoms with Crippen LogP contribution in [0.1, 0.15) is 30.3 Å². The van der Waals surface area contributed by atoms with E-state index in [0.717, 1.165) is 16.5 Å². The van der Waals surface area contributed by atoms with E-state index in [2.05, 4.69) is 9.97 Å². The predicted octanol–water partition coefficient (Wildman–Crippen LogP) is 3.50. The van der Waals surface area contributed by atoms with E-state index in [1.165, 1.54) is 12.8 Å². The zero-order valence-electron chi connectivity index (χ0n) is 8.51. The van der Waals surface area contributed by atoms with Crippen molar-refractivity contribution in [2.45, 2.75) is 18.9 Å². The molecular formula is C11H10ClN3S. The SMILES string of the molecule is Clc1c(C=Cc2cscn2)ncn1C1CC1. The van der Waals surface area contributed by atoms with E-state index in [4.69, 9.17) is 11.6 Å². The molecule has 3 nitrogen and oxygen atoms in total. The standard InChI is InChI=1S/C11H10ClN3S/c12-11-10(4-1-8-5-16-7-14-8)13-6-15(11)9-2-3-9/h1,4-7,9H,2-3H2. The molecular weight excluding hydrogens is 242 g/mol. The van der Waals surface area contributed by atoms with Gasteiger partial charge in [0.1, 0.15) is 10.8 Å². The number of nitrogens with zero attached hydrogens (tertiary/aromatic N) is 3. The van der Waals surface area contributed by atoms with Crippen LogP contribution >= 0.6 is 22.9 Å². The van der Waals surface area contributed by atoms with Gasteiger partial charge in [-0.05, 0) is 25.0 Å². The van der Waals surface area contributed by atoms with Crippen LogP contribution in [0.5, 0.6) is 0 Å². The normalized spacial score (nSPS) is 16.1. The van der Waals surface area contributed by atoms with E-state index in [0.29, 0.717) is 6.04 Å². The van der Waals surface area contributed by atoms with Crippen molar-refractivity contribution in [2.75, 3.05) is 0 Å². The first kappa shape index (κ1) is 10.1. The Hall–Kier alpha value is -1.13. The lowest BCUT2D eigenvalue weighted by molar-refractivity contribution is 0.741. The van der Waals surface area contributed by atoms with Gasteiger partial charge in [0, 0.05) is 11.4 Å². The smallest absolute Gasteiger partial charge is 0.136 e. The second-order valence-electron chi connectivity index (χ2n) is 3.81. The van der Waals surface area contributed by atoms with Gasteiger partial charge in [-0.25, -0.2) is 9.97 Å². The molecule has 0 aliphatic heterocycles. The molecule has 0 spiro atoms. The highest BCUT2D eigenvalue weighted by Gasteiger charge is 2.25. The van der Waals surface area contributed by atoms with Crippen LogP contribution in [0.25, 0.3) is 12.2 Å². The quantitative estimate of drug-likeness (QED) is 0.836. The summed E-state index contributed by atoms with van der Waals surface area (Å²) >= 11 is 7.81. The second kappa shape index (κ2) is 4.03. The van der Waals surface area contributed by atoms with Crippen LogP contribution in [0.2, 0.25) is 5.15 Å². The van der Waals surface area contributed by atoms with Crippen LogP contribution in [-0.4, -0.2) is 14.5 Å². The van der Waals surface area contributed by atoms with Crippen LogP contribution in [0.4, 0.5) is 0 Å². The number of rotatable bonds is 3. The van der Waals surface area contributed by atoms with E-state index < -0.39 is 0 Å². The number of hydrogen-bond donors (Lipinski definition) is 0. The zero-order chi connectivity index (χ0) is 11.0. The lowest BCUT2D eigenvalue weighted by Crippen LogP contribution is -1.90. The first-order valence-electron chi connectivity index (χ1n) is 5.13. The van der Waals surface area contributed by atoms with E-state index in [-0.39, 0.29) is 0 Å². The largest absolute Gasteiger partial charge is 0.318 e. The molecule has 0 atom stereocenters. The summed E-state index contributed by atoms with van der Waals surface area (Å²) in [5.74, 6) is 0. The van der Waals surface area contributed by atoms with Crippen molar-refractivity contribution in [2.24, 2.45) is 0 Å². The lowest BCUT2D eigenvalue weighted by atomic mass is 10.3. The topological polar surface area (TPSA) is 30.7 Å². The number of imidazole rings is 1. The molecule has 3 rings (SSSR count). The van der Waals surface area contributed by atoms with Gasteiger partial charge >= 0.3 is 0 Å². The molecule has 1 saturated carbocycles. The fourth-order valence-electron chi connectivity index (χ4n) is 1.55. The summed E-state index contributed by atoms with van der Waals surface area (Å²) < 4.78 is 2.04. The van der Waals surface area contributed by atoms with Gasteiger partial charge in [-0.15, -0.1) is 11.3 Å². The minimum atomic E-state index is 0.571. The first-order valence-corrected chi connectivity index (χ1v) is 6.45. The van der Waals surface area contributed by atoms with Gasteiger partial charge in [0.15, 0.2) is 0 Å². The molecule has 0 aromatic carbocycles. The highest BCUT2D eigenvalue weighted by molar-refractivity contribution is 7.07. The third-order valence-corrected chi connectivity index (χ3v) is 3.56. The van der Waals surface area contributed by atoms with Crippen molar-refractivity contribution in [3.05, 3.63) is 33.8 Å². The zero-order valence-corrected chi connectivity index (χ0v) is 10.1. The summed E-state index contributed by atoms with van der Waals surface area (Å²) in [6.45, 7) is 0. The molecule has 0 saturated heterocycles. The van der Waals surface area contributed by atoms with E-state index in [1.807, 2.05) is 33.9 Å². The maximum atomic E-state index is 6.23. The maximum absolute atomic E-state index is 6.23. The van der Waals surface area contributed by atoms with Crippen molar-refractivity contribution in [3.8, 4) is 0 Å². The first-order chi connectivity index (χ1) is 7.84. The molecule has 0 bridgehead atoms. The Bertz CT molecular complexity index is 511. The third kappa shape index (κ3) is 1.90. The molecule has 0 N–H and O–H groups in total. The average Bonchev–Trinajstić information content (AvgIpc) is 2.87. The molecule has 16 heavy (non-hydrogen) atoms. The van der Waals surface area contributed by atoms with Crippen molar-refractivity contribution < 1.29 is 0 Å². The number of thiazole rings is 1. The Morgan fingerprint density at radius 1 is 1.38 bits per heavy atom. The van der Waals surface area contributed by atoms with Gasteiger partial charge < -0.3 is 4.57 Å². The third-order valence-electron chi connectivity index (χ3n) is 2.56. The summed E-state index contributed by atoms with van der Waals surface area (Å²) in [6, 6.07) is 0.571. The predicted molar refractivity (Wildman–Crippen MR) is 66.6 cm³/mol. The Labute approximate surface area is 102 Å². The van der Waals surface area contributed by atoms with Crippen molar-refractivity contribution >= 4 is 35.1 Å². The Morgan fingerprint density at radius 3 is 2.94 bits per heavy atom. The van der Waals surface area contributed by atoms with Crippen LogP contribution in [0.15, 0.2) is 17.2 Å². The summed E-state index contributed by atoms with van der Waals surface area (Å²) in [6.07, 6.45) is 8.09. The second-order valence-corrected chi connectivity index (χ2v) is 4.88. The minimum Gasteiger partial charge on any atom is -0.318 e. The van der Waals surface area contributed by atoms with Gasteiger partial charge in [-0.3, -0.25) is 0 Å². The van der Waals surface area contributed by atoms with Crippen LogP contribution in [-0.2, 0) is 0 Å².